The molecule has 0 aromatic carbocycles. The molecule has 2 aliphatic rings. The van der Waals surface area contributed by atoms with E-state index in [1.807, 2.05) is 6.92 Å². The molecule has 2 fully saturated rings. The van der Waals surface area contributed by atoms with Crippen LogP contribution in [-0.4, -0.2) is 39.8 Å². The van der Waals surface area contributed by atoms with E-state index in [0.717, 1.165) is 29.0 Å². The van der Waals surface area contributed by atoms with Gasteiger partial charge in [0.2, 0.25) is 5.91 Å². The topological polar surface area (TPSA) is 91.4 Å². The zero-order valence-corrected chi connectivity index (χ0v) is 17.2. The van der Waals surface area contributed by atoms with Gasteiger partial charge in [-0.1, -0.05) is 27.2 Å². The molecule has 1 aliphatic heterocycles. The largest absolute Gasteiger partial charge is 0.325 e. The predicted molar refractivity (Wildman–Crippen MR) is 104 cm³/mol. The first-order chi connectivity index (χ1) is 12.7. The van der Waals surface area contributed by atoms with Crippen LogP contribution in [-0.2, 0) is 9.59 Å². The van der Waals surface area contributed by atoms with Crippen molar-refractivity contribution in [2.75, 3.05) is 11.9 Å². The van der Waals surface area contributed by atoms with Crippen molar-refractivity contribution in [3.8, 4) is 0 Å². The summed E-state index contributed by atoms with van der Waals surface area (Å²) in [6.45, 7) is 8.33. The number of urea groups is 1. The summed E-state index contributed by atoms with van der Waals surface area (Å²) in [6.07, 6.45) is 5.84. The summed E-state index contributed by atoms with van der Waals surface area (Å²) in [6, 6.07) is -0.473. The highest BCUT2D eigenvalue weighted by Crippen LogP contribution is 2.45. The molecule has 1 aromatic rings. The fourth-order valence-corrected chi connectivity index (χ4v) is 4.74. The van der Waals surface area contributed by atoms with Crippen LogP contribution >= 0.6 is 11.3 Å². The van der Waals surface area contributed by atoms with Gasteiger partial charge in [0.05, 0.1) is 0 Å². The summed E-state index contributed by atoms with van der Waals surface area (Å²) in [5.74, 6) is -0.139. The number of aryl methyl sites for hydroxylation is 1. The number of nitrogens with one attached hydrogen (secondary N) is 2. The third-order valence-electron chi connectivity index (χ3n) is 6.27. The first-order valence-corrected chi connectivity index (χ1v) is 10.3. The van der Waals surface area contributed by atoms with E-state index in [1.54, 1.807) is 6.20 Å². The lowest BCUT2D eigenvalue weighted by Crippen LogP contribution is -2.51. The van der Waals surface area contributed by atoms with E-state index >= 15 is 0 Å². The van der Waals surface area contributed by atoms with E-state index in [2.05, 4.69) is 36.4 Å². The van der Waals surface area contributed by atoms with Crippen molar-refractivity contribution in [3.05, 3.63) is 11.1 Å². The van der Waals surface area contributed by atoms with Crippen molar-refractivity contribution in [1.29, 1.82) is 0 Å². The number of carbonyl (C=O) groups excluding carboxylic acids is 3. The Kier molecular flexibility index (Phi) is 5.29. The van der Waals surface area contributed by atoms with Gasteiger partial charge >= 0.3 is 6.03 Å². The number of hydrogen-bond acceptors (Lipinski definition) is 5. The number of carbonyl (C=O) groups is 3. The molecule has 8 heteroatoms. The van der Waals surface area contributed by atoms with E-state index in [9.17, 15) is 14.4 Å². The molecule has 3 rings (SSSR count). The maximum absolute atomic E-state index is 13.0. The second-order valence-electron chi connectivity index (χ2n) is 8.34. The zero-order chi connectivity index (χ0) is 19.8. The summed E-state index contributed by atoms with van der Waals surface area (Å²) in [7, 11) is 0. The van der Waals surface area contributed by atoms with E-state index in [-0.39, 0.29) is 17.9 Å². The maximum Gasteiger partial charge on any atom is 0.325 e. The maximum atomic E-state index is 13.0. The van der Waals surface area contributed by atoms with E-state index in [1.165, 1.54) is 11.3 Å². The normalized spacial score (nSPS) is 25.8. The summed E-state index contributed by atoms with van der Waals surface area (Å²) >= 11 is 1.35. The predicted octanol–water partition coefficient (Wildman–Crippen LogP) is 3.31. The Morgan fingerprint density at radius 3 is 2.63 bits per heavy atom. The van der Waals surface area contributed by atoms with E-state index in [4.69, 9.17) is 0 Å². The van der Waals surface area contributed by atoms with E-state index < -0.39 is 17.5 Å². The molecule has 1 saturated heterocycles. The highest BCUT2D eigenvalue weighted by Gasteiger charge is 2.53. The lowest BCUT2D eigenvalue weighted by molar-refractivity contribution is -0.135. The van der Waals surface area contributed by atoms with Gasteiger partial charge in [-0.2, -0.15) is 0 Å². The van der Waals surface area contributed by atoms with Gasteiger partial charge in [0.15, 0.2) is 5.13 Å². The summed E-state index contributed by atoms with van der Waals surface area (Å²) in [5.41, 5.74) is -0.603. The Morgan fingerprint density at radius 2 is 2.07 bits per heavy atom. The quantitative estimate of drug-likeness (QED) is 0.752. The Morgan fingerprint density at radius 1 is 1.41 bits per heavy atom. The standard InChI is InChI=1S/C19H28N4O3S/c1-5-18(3,4)13-6-8-19(9-7-13)15(25)23(17(26)22-19)11-14(24)21-16-20-10-12(2)27-16/h10,13H,5-9,11H2,1-4H3,(H,22,26)(H,20,21,24). The van der Waals surface area contributed by atoms with Gasteiger partial charge in [-0.25, -0.2) is 9.78 Å². The number of thiazole rings is 1. The number of hydrogen-bond donors (Lipinski definition) is 2. The fraction of sp³-hybridized carbons (Fsp3) is 0.684. The average Bonchev–Trinajstić information content (AvgIpc) is 3.12. The average molecular weight is 393 g/mol. The number of anilines is 1. The van der Waals surface area contributed by atoms with Gasteiger partial charge in [0.1, 0.15) is 12.1 Å². The molecule has 0 bridgehead atoms. The molecule has 0 atom stereocenters. The summed E-state index contributed by atoms with van der Waals surface area (Å²) < 4.78 is 0. The zero-order valence-electron chi connectivity index (χ0n) is 16.4. The van der Waals surface area contributed by atoms with Crippen LogP contribution < -0.4 is 10.6 Å². The van der Waals surface area contributed by atoms with Crippen LogP contribution in [0, 0.1) is 18.3 Å². The van der Waals surface area contributed by atoms with Crippen molar-refractivity contribution in [1.82, 2.24) is 15.2 Å². The molecular formula is C19H28N4O3S. The van der Waals surface area contributed by atoms with Crippen molar-refractivity contribution >= 4 is 34.3 Å². The SMILES string of the molecule is CCC(C)(C)C1CCC2(CC1)NC(=O)N(CC(=O)Nc1ncc(C)s1)C2=O. The Bertz CT molecular complexity index is 750. The molecule has 27 heavy (non-hydrogen) atoms. The van der Waals surface area contributed by atoms with Crippen LogP contribution in [0.4, 0.5) is 9.93 Å². The summed E-state index contributed by atoms with van der Waals surface area (Å²) in [5, 5.41) is 6.00. The monoisotopic (exact) mass is 392 g/mol. The van der Waals surface area contributed by atoms with Gasteiger partial charge in [-0.3, -0.25) is 14.5 Å². The molecule has 0 radical (unpaired) electrons. The van der Waals surface area contributed by atoms with Crippen LogP contribution in [0.25, 0.3) is 0 Å². The van der Waals surface area contributed by atoms with Crippen LogP contribution in [0.2, 0.25) is 0 Å². The second-order valence-corrected chi connectivity index (χ2v) is 9.58. The molecule has 1 spiro atoms. The molecule has 148 valence electrons. The first-order valence-electron chi connectivity index (χ1n) is 9.53. The lowest BCUT2D eigenvalue weighted by Gasteiger charge is -2.42. The molecule has 1 saturated carbocycles. The lowest BCUT2D eigenvalue weighted by atomic mass is 9.65. The number of imide groups is 1. The van der Waals surface area contributed by atoms with Crippen molar-refractivity contribution in [2.24, 2.45) is 11.3 Å². The van der Waals surface area contributed by atoms with Gasteiger partial charge in [-0.05, 0) is 43.9 Å². The Hall–Kier alpha value is -1.96. The molecule has 7 nitrogen and oxygen atoms in total. The highest BCUT2D eigenvalue weighted by molar-refractivity contribution is 7.15. The summed E-state index contributed by atoms with van der Waals surface area (Å²) in [4.78, 5) is 43.7. The van der Waals surface area contributed by atoms with Gasteiger partial charge in [-0.15, -0.1) is 11.3 Å². The number of rotatable bonds is 5. The van der Waals surface area contributed by atoms with Gasteiger partial charge in [0, 0.05) is 11.1 Å². The van der Waals surface area contributed by atoms with Crippen LogP contribution in [0.5, 0.6) is 0 Å². The van der Waals surface area contributed by atoms with E-state index in [0.29, 0.717) is 23.9 Å². The Balaban J connectivity index is 1.62. The number of aromatic nitrogens is 1. The second kappa shape index (κ2) is 7.22. The molecule has 1 aromatic heterocycles. The van der Waals surface area contributed by atoms with Gasteiger partial charge < -0.3 is 10.6 Å². The first kappa shape index (κ1) is 19.8. The fourth-order valence-electron chi connectivity index (χ4n) is 4.05. The number of amides is 4. The number of nitrogens with zero attached hydrogens (tertiary/aromatic N) is 2. The minimum atomic E-state index is -0.838. The molecule has 4 amide bonds. The van der Waals surface area contributed by atoms with Crippen LogP contribution in [0.1, 0.15) is 57.8 Å². The molecule has 1 aliphatic carbocycles. The minimum absolute atomic E-state index is 0.235. The van der Waals surface area contributed by atoms with Crippen LogP contribution in [0.15, 0.2) is 6.20 Å². The minimum Gasteiger partial charge on any atom is -0.323 e. The van der Waals surface area contributed by atoms with Crippen molar-refractivity contribution < 1.29 is 14.4 Å². The molecule has 2 heterocycles. The highest BCUT2D eigenvalue weighted by atomic mass is 32.1. The smallest absolute Gasteiger partial charge is 0.323 e. The third-order valence-corrected chi connectivity index (χ3v) is 7.10. The van der Waals surface area contributed by atoms with Crippen LogP contribution in [0.3, 0.4) is 0 Å². The molecule has 2 N–H and O–H groups in total. The molecular weight excluding hydrogens is 364 g/mol. The van der Waals surface area contributed by atoms with Crippen molar-refractivity contribution in [2.45, 2.75) is 65.3 Å². The van der Waals surface area contributed by atoms with Gasteiger partial charge in [0.25, 0.3) is 5.91 Å². The molecule has 0 unspecified atom stereocenters. The Labute approximate surface area is 163 Å². The third kappa shape index (κ3) is 3.85. The van der Waals surface area contributed by atoms with Crippen molar-refractivity contribution in [3.63, 3.8) is 0 Å².